The van der Waals surface area contributed by atoms with Gasteiger partial charge in [0, 0.05) is 5.56 Å². The number of benzene rings is 3. The van der Waals surface area contributed by atoms with Crippen LogP contribution in [-0.2, 0) is 0 Å². The van der Waals surface area contributed by atoms with Gasteiger partial charge in [-0.05, 0) is 12.5 Å². The van der Waals surface area contributed by atoms with Crippen molar-refractivity contribution >= 4 is 11.6 Å². The zero-order chi connectivity index (χ0) is 16.6. The first-order chi connectivity index (χ1) is 11.8. The fourth-order valence-corrected chi connectivity index (χ4v) is 2.53. The third-order valence-corrected chi connectivity index (χ3v) is 3.74. The van der Waals surface area contributed by atoms with Gasteiger partial charge in [-0.25, -0.2) is 0 Å². The minimum absolute atomic E-state index is 0.975. The molecule has 0 aromatic heterocycles. The summed E-state index contributed by atoms with van der Waals surface area (Å²) >= 11 is 0. The average Bonchev–Trinajstić information content (AvgIpc) is 2.64. The molecule has 0 aliphatic heterocycles. The van der Waals surface area contributed by atoms with Crippen molar-refractivity contribution in [2.45, 2.75) is 6.92 Å². The third kappa shape index (κ3) is 4.15. The molecule has 3 aromatic rings. The van der Waals surface area contributed by atoms with Crippen LogP contribution in [0.25, 0.3) is 16.5 Å². The first kappa shape index (κ1) is 15.6. The standard InChI is InChI=1S/C23H19N/c1-19(16-20-10-4-2-5-11-20)23-15-9-8-14-22(23)18-24-17-21-12-6-3-7-13-21/h2-16,18H,1H3/b19-16+. The van der Waals surface area contributed by atoms with Crippen molar-refractivity contribution in [3.05, 3.63) is 119 Å². The van der Waals surface area contributed by atoms with Gasteiger partial charge in [-0.2, -0.15) is 0 Å². The molecule has 1 nitrogen and oxygen atoms in total. The Kier molecular flexibility index (Phi) is 5.12. The van der Waals surface area contributed by atoms with Crippen LogP contribution in [-0.4, -0.2) is 0 Å². The summed E-state index contributed by atoms with van der Waals surface area (Å²) < 4.78 is 0. The molecular formula is C23H19N. The van der Waals surface area contributed by atoms with Crippen molar-refractivity contribution in [2.24, 2.45) is 0 Å². The Morgan fingerprint density at radius 1 is 0.833 bits per heavy atom. The minimum atomic E-state index is 0.975. The highest BCUT2D eigenvalue weighted by Crippen LogP contribution is 2.23. The molecule has 116 valence electrons. The highest BCUT2D eigenvalue weighted by atomic mass is 14.6. The van der Waals surface area contributed by atoms with Crippen LogP contribution in [0.1, 0.15) is 29.2 Å². The molecule has 0 amide bonds. The molecule has 0 heterocycles. The molecule has 0 atom stereocenters. The molecule has 3 aromatic carbocycles. The van der Waals surface area contributed by atoms with Crippen LogP contribution in [0, 0.1) is 12.6 Å². The molecule has 0 saturated carbocycles. The van der Waals surface area contributed by atoms with Crippen molar-refractivity contribution in [2.75, 3.05) is 0 Å². The van der Waals surface area contributed by atoms with Gasteiger partial charge < -0.3 is 0 Å². The summed E-state index contributed by atoms with van der Waals surface area (Å²) in [5.41, 5.74) is 5.65. The number of allylic oxidation sites excluding steroid dienone is 1. The van der Waals surface area contributed by atoms with Crippen LogP contribution < -0.4 is 0 Å². The SMILES string of the molecule is C/C(=C\c1ccccc1)c1ccccc1[CH-][N+]#Cc1ccccc1. The average molecular weight is 309 g/mol. The number of hydrogen-bond acceptors (Lipinski definition) is 0. The number of nitrogens with zero attached hydrogens (tertiary/aromatic N) is 1. The monoisotopic (exact) mass is 309 g/mol. The van der Waals surface area contributed by atoms with E-state index in [0.29, 0.717) is 0 Å². The summed E-state index contributed by atoms with van der Waals surface area (Å²) in [4.78, 5) is 4.36. The molecule has 0 bridgehead atoms. The van der Waals surface area contributed by atoms with Gasteiger partial charge in [0.1, 0.15) is 0 Å². The zero-order valence-corrected chi connectivity index (χ0v) is 13.7. The molecule has 0 aliphatic rings. The highest BCUT2D eigenvalue weighted by Gasteiger charge is 2.01. The summed E-state index contributed by atoms with van der Waals surface area (Å²) in [7, 11) is 0. The Morgan fingerprint density at radius 3 is 2.21 bits per heavy atom. The number of hydrogen-bond donors (Lipinski definition) is 0. The highest BCUT2D eigenvalue weighted by molar-refractivity contribution is 5.82. The predicted molar refractivity (Wildman–Crippen MR) is 103 cm³/mol. The summed E-state index contributed by atoms with van der Waals surface area (Å²) in [6.45, 7) is 4.00. The van der Waals surface area contributed by atoms with E-state index < -0.39 is 0 Å². The molecule has 0 aliphatic carbocycles. The Morgan fingerprint density at radius 2 is 1.46 bits per heavy atom. The second-order valence-corrected chi connectivity index (χ2v) is 5.56. The van der Waals surface area contributed by atoms with Gasteiger partial charge in [0.05, 0.1) is 0 Å². The fourth-order valence-electron chi connectivity index (χ4n) is 2.53. The fraction of sp³-hybridized carbons (Fsp3) is 0.0435. The summed E-state index contributed by atoms with van der Waals surface area (Å²) in [6, 6.07) is 31.6. The lowest BCUT2D eigenvalue weighted by atomic mass is 9.99. The lowest BCUT2D eigenvalue weighted by Crippen LogP contribution is -1.88. The van der Waals surface area contributed by atoms with Crippen LogP contribution in [0.4, 0.5) is 0 Å². The van der Waals surface area contributed by atoms with Gasteiger partial charge >= 0.3 is 0 Å². The van der Waals surface area contributed by atoms with E-state index in [9.17, 15) is 0 Å². The van der Waals surface area contributed by atoms with Gasteiger partial charge in [0.2, 0.25) is 12.6 Å². The van der Waals surface area contributed by atoms with E-state index in [2.05, 4.69) is 66.4 Å². The first-order valence-corrected chi connectivity index (χ1v) is 8.00. The molecule has 0 spiro atoms. The van der Waals surface area contributed by atoms with E-state index in [1.54, 1.807) is 0 Å². The molecular weight excluding hydrogens is 290 g/mol. The van der Waals surface area contributed by atoms with Gasteiger partial charge in [-0.15, -0.1) is 17.0 Å². The van der Waals surface area contributed by atoms with Gasteiger partial charge in [-0.1, -0.05) is 95.6 Å². The van der Waals surface area contributed by atoms with Crippen LogP contribution in [0.15, 0.2) is 84.9 Å². The van der Waals surface area contributed by atoms with Crippen molar-refractivity contribution in [3.8, 4) is 6.07 Å². The maximum atomic E-state index is 4.36. The van der Waals surface area contributed by atoms with Crippen LogP contribution in [0.5, 0.6) is 0 Å². The smallest absolute Gasteiger partial charge is 0.140 e. The second-order valence-electron chi connectivity index (χ2n) is 5.56. The molecule has 0 fully saturated rings. The summed E-state index contributed by atoms with van der Waals surface area (Å²) in [6.07, 6.45) is 2.19. The van der Waals surface area contributed by atoms with Crippen molar-refractivity contribution in [1.29, 1.82) is 0 Å². The van der Waals surface area contributed by atoms with Crippen molar-refractivity contribution < 1.29 is 0 Å². The molecule has 0 N–H and O–H groups in total. The Balaban J connectivity index is 1.83. The molecule has 3 rings (SSSR count). The summed E-state index contributed by atoms with van der Waals surface area (Å²) in [5, 5.41) is 0. The molecule has 0 radical (unpaired) electrons. The van der Waals surface area contributed by atoms with E-state index in [-0.39, 0.29) is 0 Å². The van der Waals surface area contributed by atoms with Crippen molar-refractivity contribution in [3.63, 3.8) is 0 Å². The first-order valence-electron chi connectivity index (χ1n) is 8.00. The molecule has 1 heteroatoms. The Hall–Kier alpha value is -3.24. The quantitative estimate of drug-likeness (QED) is 0.404. The lowest BCUT2D eigenvalue weighted by Gasteiger charge is -2.10. The van der Waals surface area contributed by atoms with E-state index >= 15 is 0 Å². The van der Waals surface area contributed by atoms with E-state index in [4.69, 9.17) is 0 Å². The van der Waals surface area contributed by atoms with E-state index in [0.717, 1.165) is 11.1 Å². The minimum Gasteiger partial charge on any atom is -0.140 e. The molecule has 0 saturated heterocycles. The van der Waals surface area contributed by atoms with Gasteiger partial charge in [-0.3, -0.25) is 0 Å². The second kappa shape index (κ2) is 7.85. The largest absolute Gasteiger partial charge is 0.222 e. The maximum absolute atomic E-state index is 4.36. The zero-order valence-electron chi connectivity index (χ0n) is 13.7. The van der Waals surface area contributed by atoms with E-state index in [1.807, 2.05) is 49.0 Å². The predicted octanol–water partition coefficient (Wildman–Crippen LogP) is 6.14. The van der Waals surface area contributed by atoms with Gasteiger partial charge in [0.15, 0.2) is 0 Å². The lowest BCUT2D eigenvalue weighted by molar-refractivity contribution is 1.45. The molecule has 0 unspecified atom stereocenters. The normalized spacial score (nSPS) is 10.6. The number of rotatable bonds is 3. The van der Waals surface area contributed by atoms with Crippen LogP contribution in [0.3, 0.4) is 0 Å². The van der Waals surface area contributed by atoms with E-state index in [1.165, 1.54) is 16.7 Å². The third-order valence-electron chi connectivity index (χ3n) is 3.74. The van der Waals surface area contributed by atoms with Crippen LogP contribution >= 0.6 is 0 Å². The summed E-state index contributed by atoms with van der Waals surface area (Å²) in [5.74, 6) is 0. The maximum Gasteiger partial charge on any atom is 0.222 e. The van der Waals surface area contributed by atoms with Gasteiger partial charge in [0.25, 0.3) is 0 Å². The van der Waals surface area contributed by atoms with Crippen molar-refractivity contribution in [1.82, 2.24) is 0 Å². The Labute approximate surface area is 143 Å². The Bertz CT molecular complexity index is 881. The van der Waals surface area contributed by atoms with Crippen LogP contribution in [0.2, 0.25) is 0 Å². The topological polar surface area (TPSA) is 4.36 Å². The molecule has 24 heavy (non-hydrogen) atoms.